The van der Waals surface area contributed by atoms with E-state index in [1.807, 2.05) is 24.3 Å². The fraction of sp³-hybridized carbons (Fsp3) is 0. The van der Waals surface area contributed by atoms with Crippen molar-refractivity contribution >= 4 is 11.8 Å². The van der Waals surface area contributed by atoms with E-state index in [1.165, 1.54) is 0 Å². The zero-order valence-electron chi connectivity index (χ0n) is 7.74. The van der Waals surface area contributed by atoms with Crippen LogP contribution < -0.4 is 5.73 Å². The summed E-state index contributed by atoms with van der Waals surface area (Å²) in [4.78, 5) is 0. The van der Waals surface area contributed by atoms with Crippen LogP contribution in [0.15, 0.2) is 56.2 Å². The predicted octanol–water partition coefficient (Wildman–Crippen LogP) is 3.27. The Hall–Kier alpha value is -1.76. The second-order valence-electron chi connectivity index (χ2n) is 2.34. The van der Waals surface area contributed by atoms with Gasteiger partial charge in [0.05, 0.1) is 0 Å². The summed E-state index contributed by atoms with van der Waals surface area (Å²) in [7, 11) is 0. The number of anilines is 1. The van der Waals surface area contributed by atoms with Gasteiger partial charge in [-0.05, 0) is 17.7 Å². The molecule has 0 bridgehead atoms. The molecule has 0 heterocycles. The van der Waals surface area contributed by atoms with Gasteiger partial charge in [0, 0.05) is 5.69 Å². The van der Waals surface area contributed by atoms with Crippen LogP contribution in [-0.2, 0) is 0 Å². The average Bonchev–Trinajstić information content (AvgIpc) is 2.19. The normalized spacial score (nSPS) is 7.69. The molecule has 13 heavy (non-hydrogen) atoms. The van der Waals surface area contributed by atoms with Crippen molar-refractivity contribution in [3.8, 4) is 0 Å². The first-order valence-corrected chi connectivity index (χ1v) is 3.96. The van der Waals surface area contributed by atoms with Crippen LogP contribution in [0, 0.1) is 0 Å². The van der Waals surface area contributed by atoms with Crippen molar-refractivity contribution in [2.45, 2.75) is 0 Å². The lowest BCUT2D eigenvalue weighted by molar-refractivity contribution is 1.65. The van der Waals surface area contributed by atoms with Crippen molar-refractivity contribution in [1.82, 2.24) is 0 Å². The Morgan fingerprint density at radius 3 is 1.69 bits per heavy atom. The number of nitrogen functional groups attached to an aromatic ring is 1. The van der Waals surface area contributed by atoms with E-state index in [0.717, 1.165) is 11.3 Å². The van der Waals surface area contributed by atoms with E-state index in [9.17, 15) is 0 Å². The molecule has 0 amide bonds. The molecule has 0 saturated heterocycles. The fourth-order valence-electron chi connectivity index (χ4n) is 0.632. The Morgan fingerprint density at radius 2 is 1.38 bits per heavy atom. The number of benzene rings is 1. The molecule has 0 unspecified atom stereocenters. The summed E-state index contributed by atoms with van der Waals surface area (Å²) in [5, 5.41) is 0. The highest BCUT2D eigenvalue weighted by atomic mass is 14.5. The molecule has 1 heteroatoms. The highest BCUT2D eigenvalue weighted by Gasteiger charge is 1.82. The molecule has 0 radical (unpaired) electrons. The minimum Gasteiger partial charge on any atom is -0.399 e. The summed E-state index contributed by atoms with van der Waals surface area (Å²) < 4.78 is 0. The lowest BCUT2D eigenvalue weighted by Crippen LogP contribution is -1.81. The number of rotatable bonds is 2. The lowest BCUT2D eigenvalue weighted by atomic mass is 10.2. The summed E-state index contributed by atoms with van der Waals surface area (Å²) in [5.41, 5.74) is 7.34. The summed E-state index contributed by atoms with van der Waals surface area (Å²) >= 11 is 0. The van der Waals surface area contributed by atoms with Gasteiger partial charge in [-0.3, -0.25) is 0 Å². The number of allylic oxidation sites excluding steroid dienone is 2. The van der Waals surface area contributed by atoms with Crippen molar-refractivity contribution in [2.75, 3.05) is 5.73 Å². The van der Waals surface area contributed by atoms with Gasteiger partial charge < -0.3 is 5.73 Å². The molecule has 0 saturated carbocycles. The van der Waals surface area contributed by atoms with Gasteiger partial charge in [-0.15, -0.1) is 0 Å². The molecule has 0 aliphatic heterocycles. The van der Waals surface area contributed by atoms with E-state index in [2.05, 4.69) is 19.7 Å². The zero-order valence-corrected chi connectivity index (χ0v) is 7.74. The largest absolute Gasteiger partial charge is 0.399 e. The molecule has 1 aromatic rings. The van der Waals surface area contributed by atoms with Crippen molar-refractivity contribution in [3.63, 3.8) is 0 Å². The zero-order chi connectivity index (χ0) is 10.1. The van der Waals surface area contributed by atoms with Crippen LogP contribution in [0.4, 0.5) is 5.69 Å². The quantitative estimate of drug-likeness (QED) is 0.539. The molecule has 1 nitrogen and oxygen atoms in total. The van der Waals surface area contributed by atoms with Crippen molar-refractivity contribution < 1.29 is 0 Å². The second kappa shape index (κ2) is 6.92. The topological polar surface area (TPSA) is 26.0 Å². The smallest absolute Gasteiger partial charge is 0.0314 e. The van der Waals surface area contributed by atoms with Gasteiger partial charge in [-0.2, -0.15) is 0 Å². The maximum Gasteiger partial charge on any atom is 0.0314 e. The summed E-state index contributed by atoms with van der Waals surface area (Å²) in [6.07, 6.45) is 5.07. The third-order valence-electron chi connectivity index (χ3n) is 1.34. The van der Waals surface area contributed by atoms with E-state index < -0.39 is 0 Å². The molecule has 0 atom stereocenters. The molecular weight excluding hydrogens is 158 g/mol. The van der Waals surface area contributed by atoms with Crippen molar-refractivity contribution in [2.24, 2.45) is 0 Å². The van der Waals surface area contributed by atoms with Gasteiger partial charge in [0.2, 0.25) is 0 Å². The molecule has 0 fully saturated rings. The van der Waals surface area contributed by atoms with Crippen LogP contribution in [-0.4, -0.2) is 0 Å². The minimum absolute atomic E-state index is 0.792. The monoisotopic (exact) mass is 173 g/mol. The van der Waals surface area contributed by atoms with E-state index in [0.29, 0.717) is 0 Å². The van der Waals surface area contributed by atoms with Gasteiger partial charge >= 0.3 is 0 Å². The Bertz CT molecular complexity index is 264. The number of nitrogens with two attached hydrogens (primary N) is 1. The van der Waals surface area contributed by atoms with Gasteiger partial charge in [0.25, 0.3) is 0 Å². The van der Waals surface area contributed by atoms with Crippen LogP contribution in [0.25, 0.3) is 6.08 Å². The molecule has 68 valence electrons. The molecule has 2 N–H and O–H groups in total. The first kappa shape index (κ1) is 11.2. The molecule has 0 aromatic heterocycles. The summed E-state index contributed by atoms with van der Waals surface area (Å²) in [5.74, 6) is 0. The average molecular weight is 173 g/mol. The van der Waals surface area contributed by atoms with Gasteiger partial charge in [-0.1, -0.05) is 50.1 Å². The van der Waals surface area contributed by atoms with E-state index >= 15 is 0 Å². The molecule has 1 aromatic carbocycles. The minimum atomic E-state index is 0.792. The summed E-state index contributed by atoms with van der Waals surface area (Å²) in [6, 6.07) is 7.58. The van der Waals surface area contributed by atoms with E-state index in [-0.39, 0.29) is 0 Å². The van der Waals surface area contributed by atoms with Crippen LogP contribution in [0.1, 0.15) is 5.56 Å². The maximum atomic E-state index is 5.45. The fourth-order valence-corrected chi connectivity index (χ4v) is 0.632. The number of hydrogen-bond donors (Lipinski definition) is 1. The molecular formula is C12H15N. The maximum absolute atomic E-state index is 5.45. The van der Waals surface area contributed by atoms with Gasteiger partial charge in [0.1, 0.15) is 0 Å². The van der Waals surface area contributed by atoms with Crippen LogP contribution in [0.2, 0.25) is 0 Å². The highest BCUT2D eigenvalue weighted by molar-refractivity contribution is 5.51. The van der Waals surface area contributed by atoms with E-state index in [1.54, 1.807) is 18.2 Å². The highest BCUT2D eigenvalue weighted by Crippen LogP contribution is 2.05. The standard InChI is InChI=1S/C8H9N.C4H6/c1-2-7-3-5-8(9)6-4-7;1-3-4-2/h2-6H,1,9H2;3-4H,1-2H2. The van der Waals surface area contributed by atoms with Crippen molar-refractivity contribution in [1.29, 1.82) is 0 Å². The summed E-state index contributed by atoms with van der Waals surface area (Å²) in [6.45, 7) is 10.3. The SMILES string of the molecule is C=CC=C.C=Cc1ccc(N)cc1. The van der Waals surface area contributed by atoms with Gasteiger partial charge in [-0.25, -0.2) is 0 Å². The van der Waals surface area contributed by atoms with Crippen LogP contribution in [0.3, 0.4) is 0 Å². The Labute approximate surface area is 79.9 Å². The first-order valence-electron chi connectivity index (χ1n) is 3.96. The molecule has 1 rings (SSSR count). The Morgan fingerprint density at radius 1 is 0.923 bits per heavy atom. The van der Waals surface area contributed by atoms with Gasteiger partial charge in [0.15, 0.2) is 0 Å². The lowest BCUT2D eigenvalue weighted by Gasteiger charge is -1.91. The molecule has 0 aliphatic carbocycles. The van der Waals surface area contributed by atoms with Crippen molar-refractivity contribution in [3.05, 3.63) is 61.7 Å². The number of hydrogen-bond acceptors (Lipinski definition) is 1. The third kappa shape index (κ3) is 5.50. The Kier molecular flexibility index (Phi) is 5.98. The molecule has 0 spiro atoms. The Balaban J connectivity index is 0.000000310. The van der Waals surface area contributed by atoms with Crippen LogP contribution in [0.5, 0.6) is 0 Å². The predicted molar refractivity (Wildman–Crippen MR) is 61.3 cm³/mol. The van der Waals surface area contributed by atoms with E-state index in [4.69, 9.17) is 5.73 Å². The first-order chi connectivity index (χ1) is 6.24. The van der Waals surface area contributed by atoms with Crippen LogP contribution >= 0.6 is 0 Å². The third-order valence-corrected chi connectivity index (χ3v) is 1.34. The molecule has 0 aliphatic rings. The second-order valence-corrected chi connectivity index (χ2v) is 2.34.